The molecule has 47 heavy (non-hydrogen) atoms. The number of H-pyrrole nitrogens is 1. The second kappa shape index (κ2) is 15.9. The van der Waals surface area contributed by atoms with E-state index in [4.69, 9.17) is 14.2 Å². The Balaban J connectivity index is 1.59. The smallest absolute Gasteiger partial charge is 0.412 e. The van der Waals surface area contributed by atoms with E-state index in [2.05, 4.69) is 57.2 Å². The fraction of sp³-hybridized carbons (Fsp3) is 0.438. The van der Waals surface area contributed by atoms with Gasteiger partial charge in [0.25, 0.3) is 5.56 Å². The second-order valence-corrected chi connectivity index (χ2v) is 18.5. The molecule has 0 spiro atoms. The topological polar surface area (TPSA) is 141 Å². The molecule has 1 aromatic heterocycles. The fourth-order valence-corrected chi connectivity index (χ4v) is 8.58. The molecule has 2 aromatic carbocycles. The normalized spacial score (nSPS) is 19.6. The van der Waals surface area contributed by atoms with Gasteiger partial charge in [0.05, 0.1) is 11.4 Å². The lowest BCUT2D eigenvalue weighted by molar-refractivity contribution is -0.0428. The molecule has 11 nitrogen and oxygen atoms in total. The average molecular weight is 721 g/mol. The zero-order chi connectivity index (χ0) is 34.4. The van der Waals surface area contributed by atoms with Gasteiger partial charge in [0.1, 0.15) is 6.10 Å². The van der Waals surface area contributed by atoms with Crippen molar-refractivity contribution in [3.05, 3.63) is 81.6 Å². The summed E-state index contributed by atoms with van der Waals surface area (Å²) in [5, 5.41) is 5.60. The summed E-state index contributed by atoms with van der Waals surface area (Å²) in [7, 11) is 6.36. The number of amides is 2. The first kappa shape index (κ1) is 36.8. The Morgan fingerprint density at radius 1 is 0.809 bits per heavy atom. The quantitative estimate of drug-likeness (QED) is 0.175. The maximum absolute atomic E-state index is 13.4. The number of carbonyl (C=O) groups is 2. The van der Waals surface area contributed by atoms with Crippen LogP contribution in [0.5, 0.6) is 0 Å². The van der Waals surface area contributed by atoms with Crippen LogP contribution >= 0.6 is 43.2 Å². The van der Waals surface area contributed by atoms with E-state index in [1.54, 1.807) is 45.9 Å². The van der Waals surface area contributed by atoms with E-state index in [9.17, 15) is 19.2 Å². The van der Waals surface area contributed by atoms with E-state index in [-0.39, 0.29) is 9.49 Å². The summed E-state index contributed by atoms with van der Waals surface area (Å²) < 4.78 is 19.0. The number of aromatic nitrogens is 2. The predicted octanol–water partition coefficient (Wildman–Crippen LogP) is 8.16. The standard InChI is InChI=1S/C32H40N4O7S4/c1-8-21-25(42-29(39)33-19-13-9-11-15-22(19)44-46-31(2,3)4)26(27(41-21)36-18-17-24(37)35-28(36)38)43-30(40)34-20-14-10-12-16-23(20)45-47-32(5,6)7/h9-18,21,25-27H,8H2,1-7H3,(H,33,39)(H,34,40)(H,35,37,38)/t21-,25-,26-,27-/m1/s1. The fourth-order valence-electron chi connectivity index (χ4n) is 4.31. The minimum Gasteiger partial charge on any atom is -0.439 e. The van der Waals surface area contributed by atoms with Gasteiger partial charge < -0.3 is 14.2 Å². The van der Waals surface area contributed by atoms with Gasteiger partial charge in [-0.05, 0) is 30.7 Å². The number of rotatable bonds is 10. The first-order chi connectivity index (χ1) is 22.1. The predicted molar refractivity (Wildman–Crippen MR) is 193 cm³/mol. The van der Waals surface area contributed by atoms with E-state index in [1.165, 1.54) is 27.8 Å². The van der Waals surface area contributed by atoms with Crippen LogP contribution in [0.4, 0.5) is 21.0 Å². The molecule has 1 saturated heterocycles. The minimum atomic E-state index is -1.25. The third kappa shape index (κ3) is 10.8. The van der Waals surface area contributed by atoms with E-state index >= 15 is 0 Å². The molecule has 1 fully saturated rings. The maximum Gasteiger partial charge on any atom is 0.412 e. The van der Waals surface area contributed by atoms with E-state index in [0.29, 0.717) is 17.8 Å². The van der Waals surface area contributed by atoms with Crippen LogP contribution in [0, 0.1) is 0 Å². The summed E-state index contributed by atoms with van der Waals surface area (Å²) in [6.45, 7) is 14.4. The van der Waals surface area contributed by atoms with Gasteiger partial charge in [-0.3, -0.25) is 25.0 Å². The van der Waals surface area contributed by atoms with Crippen molar-refractivity contribution in [2.75, 3.05) is 10.6 Å². The monoisotopic (exact) mass is 720 g/mol. The summed E-state index contributed by atoms with van der Waals surface area (Å²) in [5.74, 6) is 0. The number of nitrogens with zero attached hydrogens (tertiary/aromatic N) is 1. The zero-order valence-electron chi connectivity index (χ0n) is 27.2. The lowest BCUT2D eigenvalue weighted by Crippen LogP contribution is -2.43. The van der Waals surface area contributed by atoms with Crippen LogP contribution in [0.3, 0.4) is 0 Å². The molecular weight excluding hydrogens is 681 g/mol. The Hall–Kier alpha value is -2.98. The summed E-state index contributed by atoms with van der Waals surface area (Å²) >= 11 is 0. The summed E-state index contributed by atoms with van der Waals surface area (Å²) in [4.78, 5) is 55.3. The van der Waals surface area contributed by atoms with Gasteiger partial charge in [-0.25, -0.2) is 14.4 Å². The molecule has 0 aliphatic carbocycles. The molecule has 0 saturated carbocycles. The molecule has 4 atom stereocenters. The van der Waals surface area contributed by atoms with Crippen LogP contribution in [0.25, 0.3) is 0 Å². The molecule has 2 heterocycles. The van der Waals surface area contributed by atoms with Crippen molar-refractivity contribution in [3.8, 4) is 0 Å². The average Bonchev–Trinajstić information content (AvgIpc) is 3.31. The SMILES string of the molecule is CC[C@H]1O[C@@H](n2ccc(=O)[nH]c2=O)[C@H](OC(=O)Nc2ccccc2SSC(C)(C)C)[C@@H]1OC(=O)Nc1ccccc1SSC(C)(C)C. The Labute approximate surface area is 289 Å². The molecule has 0 radical (unpaired) electrons. The minimum absolute atomic E-state index is 0.0155. The van der Waals surface area contributed by atoms with Crippen LogP contribution in [0.1, 0.15) is 61.1 Å². The van der Waals surface area contributed by atoms with Gasteiger partial charge in [-0.15, -0.1) is 0 Å². The molecule has 254 valence electrons. The van der Waals surface area contributed by atoms with Gasteiger partial charge in [0.15, 0.2) is 18.4 Å². The Morgan fingerprint density at radius 3 is 1.77 bits per heavy atom. The van der Waals surface area contributed by atoms with Crippen LogP contribution in [0.2, 0.25) is 0 Å². The highest BCUT2D eigenvalue weighted by atomic mass is 33.1. The van der Waals surface area contributed by atoms with E-state index in [0.717, 1.165) is 20.4 Å². The van der Waals surface area contributed by atoms with Gasteiger partial charge >= 0.3 is 17.9 Å². The summed E-state index contributed by atoms with van der Waals surface area (Å²) in [5.41, 5.74) is -0.278. The van der Waals surface area contributed by atoms with Crippen molar-refractivity contribution in [2.45, 2.75) is 98.7 Å². The van der Waals surface area contributed by atoms with Crippen LogP contribution in [-0.4, -0.2) is 49.5 Å². The Bertz CT molecular complexity index is 1670. The molecular formula is C32H40N4O7S4. The zero-order valence-corrected chi connectivity index (χ0v) is 30.5. The Morgan fingerprint density at radius 2 is 1.30 bits per heavy atom. The Kier molecular flexibility index (Phi) is 12.5. The van der Waals surface area contributed by atoms with E-state index < -0.39 is 48.0 Å². The molecule has 3 aromatic rings. The maximum atomic E-state index is 13.4. The van der Waals surface area contributed by atoms with Gasteiger partial charge in [-0.2, -0.15) is 0 Å². The van der Waals surface area contributed by atoms with Crippen molar-refractivity contribution in [3.63, 3.8) is 0 Å². The number of para-hydroxylation sites is 2. The third-order valence-corrected chi connectivity index (χ3v) is 13.1. The summed E-state index contributed by atoms with van der Waals surface area (Å²) in [6.07, 6.45) is -4.28. The number of carbonyl (C=O) groups excluding carboxylic acids is 2. The molecule has 1 aliphatic rings. The molecule has 0 unspecified atom stereocenters. The number of hydrogen-bond acceptors (Lipinski definition) is 11. The first-order valence-electron chi connectivity index (χ1n) is 14.9. The lowest BCUT2D eigenvalue weighted by Gasteiger charge is -2.25. The van der Waals surface area contributed by atoms with Crippen molar-refractivity contribution in [2.24, 2.45) is 0 Å². The third-order valence-electron chi connectivity index (χ3n) is 6.31. The van der Waals surface area contributed by atoms with Gasteiger partial charge in [0.2, 0.25) is 0 Å². The second-order valence-electron chi connectivity index (χ2n) is 12.5. The largest absolute Gasteiger partial charge is 0.439 e. The number of ether oxygens (including phenoxy) is 3. The van der Waals surface area contributed by atoms with Crippen LogP contribution in [-0.2, 0) is 14.2 Å². The molecule has 15 heteroatoms. The van der Waals surface area contributed by atoms with Crippen LogP contribution in [0.15, 0.2) is 80.2 Å². The highest BCUT2D eigenvalue weighted by Crippen LogP contribution is 2.44. The number of anilines is 2. The lowest BCUT2D eigenvalue weighted by atomic mass is 10.1. The molecule has 0 bridgehead atoms. The first-order valence-corrected chi connectivity index (χ1v) is 19.2. The van der Waals surface area contributed by atoms with Crippen molar-refractivity contribution in [1.82, 2.24) is 9.55 Å². The highest BCUT2D eigenvalue weighted by Gasteiger charge is 2.50. The van der Waals surface area contributed by atoms with Gasteiger partial charge in [0, 0.05) is 31.5 Å². The van der Waals surface area contributed by atoms with E-state index in [1.807, 2.05) is 31.2 Å². The summed E-state index contributed by atoms with van der Waals surface area (Å²) in [6, 6.07) is 15.8. The highest BCUT2D eigenvalue weighted by molar-refractivity contribution is 8.77. The van der Waals surface area contributed by atoms with Crippen molar-refractivity contribution < 1.29 is 23.8 Å². The number of aromatic amines is 1. The molecule has 2 amide bonds. The van der Waals surface area contributed by atoms with Crippen molar-refractivity contribution in [1.29, 1.82) is 0 Å². The number of nitrogens with one attached hydrogen (secondary N) is 3. The van der Waals surface area contributed by atoms with Crippen molar-refractivity contribution >= 4 is 66.7 Å². The van der Waals surface area contributed by atoms with Gasteiger partial charge in [-0.1, -0.05) is 116 Å². The molecule has 1 aliphatic heterocycles. The molecule has 4 rings (SSSR count). The van der Waals surface area contributed by atoms with Crippen LogP contribution < -0.4 is 21.9 Å². The molecule has 3 N–H and O–H groups in total. The number of benzene rings is 2. The number of hydrogen-bond donors (Lipinski definition) is 3.